The molecule has 0 saturated heterocycles. The zero-order valence-electron chi connectivity index (χ0n) is 15.1. The molecule has 0 spiro atoms. The normalized spacial score (nSPS) is 10.4. The highest BCUT2D eigenvalue weighted by Gasteiger charge is 2.17. The standard InChI is InChI=1S/C20H16Cl2N4O2/c1-26(2)20(28)17-9-7-13(18(22)25-17)19(27)24-12-6-8-15(21)14(11-12)16-5-3-4-10-23-16/h3-11H,1-2H3,(H,24,27). The molecule has 0 aliphatic carbocycles. The van der Waals surface area contributed by atoms with Gasteiger partial charge in [-0.1, -0.05) is 29.3 Å². The first-order valence-corrected chi connectivity index (χ1v) is 9.03. The Balaban J connectivity index is 1.85. The average Bonchev–Trinajstić information content (AvgIpc) is 2.69. The number of pyridine rings is 2. The first-order valence-electron chi connectivity index (χ1n) is 8.27. The van der Waals surface area contributed by atoms with Gasteiger partial charge in [0.25, 0.3) is 11.8 Å². The van der Waals surface area contributed by atoms with Crippen molar-refractivity contribution in [3.05, 3.63) is 76.2 Å². The van der Waals surface area contributed by atoms with Crippen LogP contribution in [-0.2, 0) is 0 Å². The number of nitrogens with one attached hydrogen (secondary N) is 1. The van der Waals surface area contributed by atoms with Crippen molar-refractivity contribution < 1.29 is 9.59 Å². The van der Waals surface area contributed by atoms with E-state index in [1.54, 1.807) is 38.5 Å². The molecular formula is C20H16Cl2N4O2. The van der Waals surface area contributed by atoms with Gasteiger partial charge in [-0.3, -0.25) is 14.6 Å². The van der Waals surface area contributed by atoms with Crippen LogP contribution >= 0.6 is 23.2 Å². The molecule has 2 aromatic heterocycles. The van der Waals surface area contributed by atoms with Crippen LogP contribution in [0, 0.1) is 0 Å². The summed E-state index contributed by atoms with van der Waals surface area (Å²) in [6.07, 6.45) is 1.67. The number of rotatable bonds is 4. The lowest BCUT2D eigenvalue weighted by molar-refractivity contribution is 0.0821. The van der Waals surface area contributed by atoms with E-state index in [0.29, 0.717) is 22.0 Å². The van der Waals surface area contributed by atoms with Crippen molar-refractivity contribution in [3.8, 4) is 11.3 Å². The lowest BCUT2D eigenvalue weighted by Crippen LogP contribution is -2.23. The van der Waals surface area contributed by atoms with Crippen LogP contribution in [0.15, 0.2) is 54.7 Å². The molecule has 1 N–H and O–H groups in total. The Kier molecular flexibility index (Phi) is 5.92. The fraction of sp³-hybridized carbons (Fsp3) is 0.100. The maximum Gasteiger partial charge on any atom is 0.271 e. The summed E-state index contributed by atoms with van der Waals surface area (Å²) in [5.74, 6) is -0.748. The number of aromatic nitrogens is 2. The van der Waals surface area contributed by atoms with E-state index in [0.717, 1.165) is 0 Å². The molecule has 8 heteroatoms. The monoisotopic (exact) mass is 414 g/mol. The smallest absolute Gasteiger partial charge is 0.271 e. The van der Waals surface area contributed by atoms with E-state index in [1.165, 1.54) is 17.0 Å². The van der Waals surface area contributed by atoms with Gasteiger partial charge in [-0.2, -0.15) is 0 Å². The lowest BCUT2D eigenvalue weighted by Gasteiger charge is -2.12. The van der Waals surface area contributed by atoms with E-state index in [4.69, 9.17) is 23.2 Å². The van der Waals surface area contributed by atoms with E-state index in [9.17, 15) is 9.59 Å². The maximum atomic E-state index is 12.6. The molecule has 0 aliphatic heterocycles. The number of carbonyl (C=O) groups excluding carboxylic acids is 2. The minimum atomic E-state index is -0.448. The lowest BCUT2D eigenvalue weighted by atomic mass is 10.1. The zero-order chi connectivity index (χ0) is 20.3. The van der Waals surface area contributed by atoms with Crippen LogP contribution in [0.3, 0.4) is 0 Å². The molecule has 2 heterocycles. The summed E-state index contributed by atoms with van der Waals surface area (Å²) in [7, 11) is 3.22. The average molecular weight is 415 g/mol. The fourth-order valence-electron chi connectivity index (χ4n) is 2.47. The highest BCUT2D eigenvalue weighted by atomic mass is 35.5. The van der Waals surface area contributed by atoms with Gasteiger partial charge in [0.15, 0.2) is 0 Å². The number of halogens is 2. The van der Waals surface area contributed by atoms with Gasteiger partial charge in [-0.05, 0) is 42.5 Å². The number of nitrogens with zero attached hydrogens (tertiary/aromatic N) is 3. The molecule has 0 saturated carbocycles. The highest BCUT2D eigenvalue weighted by Crippen LogP contribution is 2.29. The van der Waals surface area contributed by atoms with Gasteiger partial charge >= 0.3 is 0 Å². The Bertz CT molecular complexity index is 1040. The topological polar surface area (TPSA) is 75.2 Å². The molecule has 0 bridgehead atoms. The van der Waals surface area contributed by atoms with Gasteiger partial charge in [0.2, 0.25) is 0 Å². The van der Waals surface area contributed by atoms with Crippen LogP contribution < -0.4 is 5.32 Å². The van der Waals surface area contributed by atoms with E-state index in [-0.39, 0.29) is 22.3 Å². The number of hydrogen-bond donors (Lipinski definition) is 1. The minimum absolute atomic E-state index is 0.0517. The van der Waals surface area contributed by atoms with Crippen molar-refractivity contribution >= 4 is 40.7 Å². The molecule has 0 atom stereocenters. The van der Waals surface area contributed by atoms with Gasteiger partial charge in [-0.15, -0.1) is 0 Å². The summed E-state index contributed by atoms with van der Waals surface area (Å²) in [5, 5.41) is 3.23. The van der Waals surface area contributed by atoms with E-state index in [1.807, 2.05) is 18.2 Å². The summed E-state index contributed by atoms with van der Waals surface area (Å²) in [6.45, 7) is 0. The molecule has 0 fully saturated rings. The molecule has 3 rings (SSSR count). The summed E-state index contributed by atoms with van der Waals surface area (Å²) < 4.78 is 0. The second-order valence-electron chi connectivity index (χ2n) is 6.10. The Morgan fingerprint density at radius 3 is 2.46 bits per heavy atom. The first kappa shape index (κ1) is 19.8. The Morgan fingerprint density at radius 1 is 1.04 bits per heavy atom. The third kappa shape index (κ3) is 4.30. The van der Waals surface area contributed by atoms with Crippen LogP contribution in [0.2, 0.25) is 10.2 Å². The minimum Gasteiger partial charge on any atom is -0.343 e. The first-order chi connectivity index (χ1) is 13.4. The largest absolute Gasteiger partial charge is 0.343 e. The van der Waals surface area contributed by atoms with Crippen molar-refractivity contribution in [2.75, 3.05) is 19.4 Å². The van der Waals surface area contributed by atoms with Crippen molar-refractivity contribution in [1.82, 2.24) is 14.9 Å². The van der Waals surface area contributed by atoms with Crippen LogP contribution in [0.4, 0.5) is 5.69 Å². The number of amides is 2. The zero-order valence-corrected chi connectivity index (χ0v) is 16.6. The van der Waals surface area contributed by atoms with E-state index in [2.05, 4.69) is 15.3 Å². The predicted octanol–water partition coefficient (Wildman–Crippen LogP) is 4.40. The molecule has 2 amide bonds. The molecule has 0 radical (unpaired) electrons. The Morgan fingerprint density at radius 2 is 1.82 bits per heavy atom. The molecule has 142 valence electrons. The van der Waals surface area contributed by atoms with Crippen LogP contribution in [0.25, 0.3) is 11.3 Å². The van der Waals surface area contributed by atoms with Gasteiger partial charge in [-0.25, -0.2) is 4.98 Å². The second-order valence-corrected chi connectivity index (χ2v) is 6.86. The summed E-state index contributed by atoms with van der Waals surface area (Å²) in [5.41, 5.74) is 2.23. The third-order valence-electron chi connectivity index (χ3n) is 3.88. The van der Waals surface area contributed by atoms with Crippen molar-refractivity contribution in [3.63, 3.8) is 0 Å². The van der Waals surface area contributed by atoms with E-state index >= 15 is 0 Å². The molecule has 0 aliphatic rings. The summed E-state index contributed by atoms with van der Waals surface area (Å²) in [4.78, 5) is 34.2. The highest BCUT2D eigenvalue weighted by molar-refractivity contribution is 6.34. The van der Waals surface area contributed by atoms with Gasteiger partial charge in [0, 0.05) is 31.5 Å². The van der Waals surface area contributed by atoms with Crippen LogP contribution in [0.5, 0.6) is 0 Å². The summed E-state index contributed by atoms with van der Waals surface area (Å²) in [6, 6.07) is 13.5. The van der Waals surface area contributed by atoms with Crippen LogP contribution in [0.1, 0.15) is 20.8 Å². The number of benzene rings is 1. The quantitative estimate of drug-likeness (QED) is 0.641. The van der Waals surface area contributed by atoms with Crippen molar-refractivity contribution in [2.24, 2.45) is 0 Å². The summed E-state index contributed by atoms with van der Waals surface area (Å²) >= 11 is 12.4. The van der Waals surface area contributed by atoms with Gasteiger partial charge in [0.1, 0.15) is 10.8 Å². The van der Waals surface area contributed by atoms with Crippen molar-refractivity contribution in [2.45, 2.75) is 0 Å². The van der Waals surface area contributed by atoms with E-state index < -0.39 is 5.91 Å². The Hall–Kier alpha value is -2.96. The van der Waals surface area contributed by atoms with Crippen molar-refractivity contribution in [1.29, 1.82) is 0 Å². The number of carbonyl (C=O) groups is 2. The Labute approximate surface area is 172 Å². The van der Waals surface area contributed by atoms with Crippen LogP contribution in [-0.4, -0.2) is 40.8 Å². The number of anilines is 1. The third-order valence-corrected chi connectivity index (χ3v) is 4.50. The maximum absolute atomic E-state index is 12.6. The SMILES string of the molecule is CN(C)C(=O)c1ccc(C(=O)Nc2ccc(Cl)c(-c3ccccn3)c2)c(Cl)n1. The molecule has 0 unspecified atom stereocenters. The predicted molar refractivity (Wildman–Crippen MR) is 110 cm³/mol. The molecular weight excluding hydrogens is 399 g/mol. The number of hydrogen-bond acceptors (Lipinski definition) is 4. The molecule has 1 aromatic carbocycles. The molecule has 28 heavy (non-hydrogen) atoms. The second kappa shape index (κ2) is 8.37. The molecule has 6 nitrogen and oxygen atoms in total. The fourth-order valence-corrected chi connectivity index (χ4v) is 2.93. The van der Waals surface area contributed by atoms with Gasteiger partial charge < -0.3 is 10.2 Å². The molecule has 3 aromatic rings. The van der Waals surface area contributed by atoms with Gasteiger partial charge in [0.05, 0.1) is 16.3 Å².